The summed E-state index contributed by atoms with van der Waals surface area (Å²) in [5.41, 5.74) is 5.06. The molecular formula is C30H31NO6. The second kappa shape index (κ2) is 12.2. The van der Waals surface area contributed by atoms with Gasteiger partial charge in [-0.1, -0.05) is 61.4 Å². The molecule has 0 saturated carbocycles. The first kappa shape index (κ1) is 25.9. The van der Waals surface area contributed by atoms with E-state index in [1.165, 1.54) is 0 Å². The predicted octanol–water partition coefficient (Wildman–Crippen LogP) is 5.82. The molecule has 4 rings (SSSR count). The number of amides is 1. The lowest BCUT2D eigenvalue weighted by molar-refractivity contribution is -0.139. The van der Waals surface area contributed by atoms with Crippen molar-refractivity contribution in [3.05, 3.63) is 89.5 Å². The summed E-state index contributed by atoms with van der Waals surface area (Å²) in [4.78, 5) is 36.5. The van der Waals surface area contributed by atoms with Crippen LogP contribution in [0.25, 0.3) is 11.1 Å². The van der Waals surface area contributed by atoms with E-state index in [4.69, 9.17) is 9.47 Å². The number of carboxylic acid groups (broad SMARTS) is 1. The second-order valence-corrected chi connectivity index (χ2v) is 9.11. The molecule has 2 N–H and O–H groups in total. The van der Waals surface area contributed by atoms with Gasteiger partial charge in [0.2, 0.25) is 0 Å². The van der Waals surface area contributed by atoms with Crippen LogP contribution in [-0.2, 0) is 9.53 Å². The first-order chi connectivity index (χ1) is 18.0. The molecule has 0 heterocycles. The second-order valence-electron chi connectivity index (χ2n) is 9.11. The number of carbonyl (C=O) groups excluding carboxylic acids is 2. The van der Waals surface area contributed by atoms with Crippen molar-refractivity contribution in [1.29, 1.82) is 0 Å². The van der Waals surface area contributed by atoms with Gasteiger partial charge in [0.1, 0.15) is 18.4 Å². The normalized spacial score (nSPS) is 12.8. The minimum absolute atomic E-state index is 0.0363. The van der Waals surface area contributed by atoms with Crippen LogP contribution in [0.4, 0.5) is 4.79 Å². The van der Waals surface area contributed by atoms with Crippen LogP contribution < -0.4 is 10.1 Å². The Balaban J connectivity index is 1.22. The molecule has 0 aliphatic heterocycles. The van der Waals surface area contributed by atoms with E-state index in [1.54, 1.807) is 31.4 Å². The number of unbranched alkanes of at least 4 members (excludes halogenated alkanes) is 2. The Morgan fingerprint density at radius 3 is 2.08 bits per heavy atom. The van der Waals surface area contributed by atoms with Gasteiger partial charge in [-0.2, -0.15) is 0 Å². The number of hydrogen-bond acceptors (Lipinski definition) is 5. The third kappa shape index (κ3) is 6.36. The summed E-state index contributed by atoms with van der Waals surface area (Å²) < 4.78 is 10.6. The van der Waals surface area contributed by atoms with Crippen LogP contribution in [0.3, 0.4) is 0 Å². The summed E-state index contributed by atoms with van der Waals surface area (Å²) in [6.45, 7) is 0.125. The first-order valence-electron chi connectivity index (χ1n) is 12.5. The van der Waals surface area contributed by atoms with Crippen molar-refractivity contribution in [3.8, 4) is 16.9 Å². The van der Waals surface area contributed by atoms with Crippen LogP contribution in [-0.4, -0.2) is 42.7 Å². The van der Waals surface area contributed by atoms with Gasteiger partial charge in [-0.3, -0.25) is 4.79 Å². The van der Waals surface area contributed by atoms with Crippen LogP contribution in [0, 0.1) is 0 Å². The van der Waals surface area contributed by atoms with Crippen molar-refractivity contribution in [1.82, 2.24) is 5.32 Å². The quantitative estimate of drug-likeness (QED) is 0.240. The van der Waals surface area contributed by atoms with Crippen LogP contribution in [0.5, 0.6) is 5.75 Å². The molecule has 0 spiro atoms. The molecule has 37 heavy (non-hydrogen) atoms. The Morgan fingerprint density at radius 2 is 1.49 bits per heavy atom. The molecular weight excluding hydrogens is 470 g/mol. The third-order valence-electron chi connectivity index (χ3n) is 6.74. The van der Waals surface area contributed by atoms with E-state index >= 15 is 0 Å². The topological polar surface area (TPSA) is 102 Å². The van der Waals surface area contributed by atoms with Crippen LogP contribution >= 0.6 is 0 Å². The van der Waals surface area contributed by atoms with Gasteiger partial charge in [-0.15, -0.1) is 0 Å². The van der Waals surface area contributed by atoms with Gasteiger partial charge in [-0.05, 0) is 59.4 Å². The highest BCUT2D eigenvalue weighted by atomic mass is 16.5. The highest BCUT2D eigenvalue weighted by Crippen LogP contribution is 2.44. The number of ketones is 1. The zero-order valence-electron chi connectivity index (χ0n) is 20.8. The number of carbonyl (C=O) groups is 3. The van der Waals surface area contributed by atoms with E-state index in [0.29, 0.717) is 37.0 Å². The maximum atomic E-state index is 12.5. The van der Waals surface area contributed by atoms with E-state index < -0.39 is 18.1 Å². The summed E-state index contributed by atoms with van der Waals surface area (Å²) in [6.07, 6.45) is 1.78. The zero-order valence-corrected chi connectivity index (χ0v) is 20.8. The molecule has 1 atom stereocenters. The van der Waals surface area contributed by atoms with Crippen molar-refractivity contribution in [2.45, 2.75) is 44.1 Å². The van der Waals surface area contributed by atoms with E-state index in [2.05, 4.69) is 17.4 Å². The number of nitrogens with one attached hydrogen (secondary N) is 1. The summed E-state index contributed by atoms with van der Waals surface area (Å²) >= 11 is 0. The molecule has 192 valence electrons. The number of ether oxygens (including phenoxy) is 2. The fourth-order valence-corrected chi connectivity index (χ4v) is 4.77. The molecule has 0 bridgehead atoms. The molecule has 3 aromatic rings. The van der Waals surface area contributed by atoms with Crippen molar-refractivity contribution in [2.75, 3.05) is 13.7 Å². The van der Waals surface area contributed by atoms with Crippen molar-refractivity contribution in [2.24, 2.45) is 0 Å². The lowest BCUT2D eigenvalue weighted by Gasteiger charge is -2.17. The molecule has 0 unspecified atom stereocenters. The number of rotatable bonds is 12. The summed E-state index contributed by atoms with van der Waals surface area (Å²) in [5.74, 6) is -0.471. The fourth-order valence-electron chi connectivity index (χ4n) is 4.77. The number of hydrogen-bond donors (Lipinski definition) is 2. The average molecular weight is 502 g/mol. The Labute approximate surface area is 216 Å². The van der Waals surface area contributed by atoms with Gasteiger partial charge in [0.25, 0.3) is 0 Å². The summed E-state index contributed by atoms with van der Waals surface area (Å²) in [7, 11) is 1.57. The monoisotopic (exact) mass is 501 g/mol. The van der Waals surface area contributed by atoms with Gasteiger partial charge < -0.3 is 19.9 Å². The number of aliphatic carboxylic acids is 1. The van der Waals surface area contributed by atoms with E-state index in [9.17, 15) is 19.5 Å². The maximum absolute atomic E-state index is 12.5. The third-order valence-corrected chi connectivity index (χ3v) is 6.74. The SMILES string of the molecule is COc1ccc(C(=O)CCCCC[C@H](NC(=O)OCC2c3ccccc3-c3ccccc32)C(=O)O)cc1. The smallest absolute Gasteiger partial charge is 0.407 e. The Kier molecular flexibility index (Phi) is 8.56. The Morgan fingerprint density at radius 1 is 0.865 bits per heavy atom. The van der Waals surface area contributed by atoms with Gasteiger partial charge in [0.05, 0.1) is 7.11 Å². The molecule has 3 aromatic carbocycles. The Bertz CT molecular complexity index is 1210. The molecule has 7 nitrogen and oxygen atoms in total. The minimum atomic E-state index is -1.11. The molecule has 7 heteroatoms. The Hall–Kier alpha value is -4.13. The molecule has 1 amide bonds. The van der Waals surface area contributed by atoms with Crippen molar-refractivity contribution < 1.29 is 29.0 Å². The van der Waals surface area contributed by atoms with Crippen LogP contribution in [0.1, 0.15) is 59.5 Å². The maximum Gasteiger partial charge on any atom is 0.407 e. The molecule has 0 fully saturated rings. The minimum Gasteiger partial charge on any atom is -0.497 e. The van der Waals surface area contributed by atoms with Crippen molar-refractivity contribution >= 4 is 17.8 Å². The van der Waals surface area contributed by atoms with Crippen LogP contribution in [0.2, 0.25) is 0 Å². The van der Waals surface area contributed by atoms with Gasteiger partial charge in [0.15, 0.2) is 5.78 Å². The number of carboxylic acids is 1. The largest absolute Gasteiger partial charge is 0.497 e. The number of fused-ring (bicyclic) bond motifs is 3. The zero-order chi connectivity index (χ0) is 26.2. The molecule has 1 aliphatic rings. The number of benzene rings is 3. The fraction of sp³-hybridized carbons (Fsp3) is 0.300. The lowest BCUT2D eigenvalue weighted by atomic mass is 9.98. The highest BCUT2D eigenvalue weighted by molar-refractivity contribution is 5.96. The number of alkyl carbamates (subject to hydrolysis) is 1. The standard InChI is InChI=1S/C30H31NO6/c1-36-21-17-15-20(16-18-21)28(32)14-4-2-3-13-27(29(33)34)31-30(35)37-19-26-24-11-7-5-9-22(24)23-10-6-8-12-25(23)26/h5-12,15-18,26-27H,2-4,13-14,19H2,1H3,(H,31,35)(H,33,34)/t27-/m0/s1. The average Bonchev–Trinajstić information content (AvgIpc) is 3.24. The number of methoxy groups -OCH3 is 1. The molecule has 1 aliphatic carbocycles. The van der Waals surface area contributed by atoms with Crippen LogP contribution in [0.15, 0.2) is 72.8 Å². The predicted molar refractivity (Wildman–Crippen MR) is 140 cm³/mol. The molecule has 0 radical (unpaired) electrons. The van der Waals surface area contributed by atoms with Gasteiger partial charge in [-0.25, -0.2) is 9.59 Å². The molecule has 0 aromatic heterocycles. The summed E-state index contributed by atoms with van der Waals surface area (Å²) in [6, 6.07) is 22.0. The van der Waals surface area contributed by atoms with Crippen molar-refractivity contribution in [3.63, 3.8) is 0 Å². The van der Waals surface area contributed by atoms with Gasteiger partial charge >= 0.3 is 12.1 Å². The first-order valence-corrected chi connectivity index (χ1v) is 12.5. The highest BCUT2D eigenvalue weighted by Gasteiger charge is 2.29. The molecule has 0 saturated heterocycles. The van der Waals surface area contributed by atoms with E-state index in [1.807, 2.05) is 36.4 Å². The van der Waals surface area contributed by atoms with E-state index in [0.717, 1.165) is 22.3 Å². The number of Topliss-reactive ketones (excluding diaryl/α,β-unsaturated/α-hetero) is 1. The van der Waals surface area contributed by atoms with Gasteiger partial charge in [0, 0.05) is 17.9 Å². The summed E-state index contributed by atoms with van der Waals surface area (Å²) in [5, 5.41) is 12.0. The lowest BCUT2D eigenvalue weighted by Crippen LogP contribution is -2.41. The van der Waals surface area contributed by atoms with E-state index in [-0.39, 0.29) is 24.7 Å².